The first-order valence-electron chi connectivity index (χ1n) is 17.1. The number of nitrogens with two attached hydrogens (primary N) is 2. The number of thioether (sulfide) groups is 1. The van der Waals surface area contributed by atoms with Gasteiger partial charge in [-0.3, -0.25) is 43.0 Å². The maximum absolute atomic E-state index is 14.5. The number of carbonyl (C=O) groups is 4. The number of aromatic nitrogens is 2. The van der Waals surface area contributed by atoms with Gasteiger partial charge in [0.05, 0.1) is 13.2 Å². The largest absolute Gasteiger partial charge is 0.465 e. The molecule has 4 unspecified atom stereocenters. The highest BCUT2D eigenvalue weighted by atomic mass is 32.2. The number of likely N-dealkylation sites (N-methyl/N-ethyl adjacent to an activating group) is 1. The summed E-state index contributed by atoms with van der Waals surface area (Å²) in [6.45, 7) is 6.74. The molecule has 0 fully saturated rings. The van der Waals surface area contributed by atoms with Crippen LogP contribution in [0.4, 0.5) is 17.5 Å². The van der Waals surface area contributed by atoms with Crippen LogP contribution >= 0.6 is 19.5 Å². The number of methoxy groups -OCH3 is 1. The number of H-pyrrole nitrogens is 1. The highest BCUT2D eigenvalue weighted by molar-refractivity contribution is 8.13. The third-order valence-corrected chi connectivity index (χ3v) is 9.67. The lowest BCUT2D eigenvalue weighted by Gasteiger charge is -2.30. The number of ether oxygens (including phenoxy) is 3. The summed E-state index contributed by atoms with van der Waals surface area (Å²) in [7, 11) is -2.25. The Morgan fingerprint density at radius 1 is 1.15 bits per heavy atom. The van der Waals surface area contributed by atoms with Crippen molar-refractivity contribution in [3.05, 3.63) is 46.2 Å². The van der Waals surface area contributed by atoms with E-state index in [0.717, 1.165) is 18.0 Å². The molecule has 1 aromatic carbocycles. The lowest BCUT2D eigenvalue weighted by Crippen LogP contribution is -2.45. The van der Waals surface area contributed by atoms with Gasteiger partial charge in [0.2, 0.25) is 11.9 Å². The van der Waals surface area contributed by atoms with Crippen molar-refractivity contribution in [1.29, 1.82) is 0 Å². The highest BCUT2D eigenvalue weighted by Crippen LogP contribution is 2.47. The van der Waals surface area contributed by atoms with Crippen molar-refractivity contribution in [2.24, 2.45) is 4.99 Å². The SMILES string of the molecule is CC.CCCC(=O)SCC(OP(=O)(N[C@@H](Cc1ccccc1)C(=O)OCC)OCC(OC)C(O)[C@@H](CC=Nc1c(N)nc(N)[nH]c1=O)OC=O)C(=O)NC. The van der Waals surface area contributed by atoms with E-state index in [1.807, 2.05) is 20.8 Å². The van der Waals surface area contributed by atoms with Gasteiger partial charge in [0.1, 0.15) is 24.4 Å². The third-order valence-electron chi connectivity index (χ3n) is 7.02. The zero-order valence-electron chi connectivity index (χ0n) is 31.2. The molecule has 0 aliphatic carbocycles. The second-order valence-electron chi connectivity index (χ2n) is 10.8. The number of nitrogens with one attached hydrogen (secondary N) is 3. The second kappa shape index (κ2) is 25.8. The summed E-state index contributed by atoms with van der Waals surface area (Å²) in [6.07, 6.45) is -4.30. The Hall–Kier alpha value is -4.17. The lowest BCUT2D eigenvalue weighted by molar-refractivity contribution is -0.147. The number of aliphatic imine (C=N–C) groups is 1. The second-order valence-corrected chi connectivity index (χ2v) is 13.6. The minimum Gasteiger partial charge on any atom is -0.465 e. The molecule has 1 amide bonds. The van der Waals surface area contributed by atoms with Crippen LogP contribution in [-0.2, 0) is 53.4 Å². The zero-order chi connectivity index (χ0) is 40.7. The van der Waals surface area contributed by atoms with Gasteiger partial charge in [-0.05, 0) is 25.3 Å². The molecule has 2 rings (SSSR count). The Labute approximate surface area is 318 Å². The fourth-order valence-electron chi connectivity index (χ4n) is 4.43. The molecule has 1 heterocycles. The molecule has 0 aliphatic heterocycles. The molecule has 0 saturated heterocycles. The Bertz CT molecular complexity index is 1600. The van der Waals surface area contributed by atoms with Gasteiger partial charge < -0.3 is 36.1 Å². The summed E-state index contributed by atoms with van der Waals surface area (Å²) in [5.41, 5.74) is 10.8. The molecule has 6 atom stereocenters. The molecule has 54 heavy (non-hydrogen) atoms. The smallest absolute Gasteiger partial charge is 0.407 e. The Kier molecular flexibility index (Phi) is 22.8. The molecular formula is C33H52N7O12PS. The number of aromatic amines is 1. The molecule has 1 aromatic heterocycles. The van der Waals surface area contributed by atoms with Gasteiger partial charge in [-0.25, -0.2) is 9.65 Å². The van der Waals surface area contributed by atoms with Crippen LogP contribution in [0, 0.1) is 0 Å². The first-order chi connectivity index (χ1) is 25.8. The molecule has 19 nitrogen and oxygen atoms in total. The summed E-state index contributed by atoms with van der Waals surface area (Å²) in [5, 5.41) is 15.9. The number of nitrogen functional groups attached to an aromatic ring is 2. The summed E-state index contributed by atoms with van der Waals surface area (Å²) in [6, 6.07) is 7.39. The van der Waals surface area contributed by atoms with Crippen LogP contribution in [0.25, 0.3) is 0 Å². The molecule has 2 aromatic rings. The van der Waals surface area contributed by atoms with Crippen LogP contribution in [0.15, 0.2) is 40.1 Å². The first kappa shape index (κ1) is 47.9. The van der Waals surface area contributed by atoms with Crippen LogP contribution < -0.4 is 27.4 Å². The van der Waals surface area contributed by atoms with Crippen LogP contribution in [0.1, 0.15) is 52.5 Å². The van der Waals surface area contributed by atoms with E-state index in [9.17, 15) is 33.6 Å². The number of benzene rings is 1. The van der Waals surface area contributed by atoms with E-state index < -0.39 is 62.2 Å². The van der Waals surface area contributed by atoms with Crippen LogP contribution in [-0.4, -0.2) is 108 Å². The predicted molar refractivity (Wildman–Crippen MR) is 204 cm³/mol. The molecule has 0 aliphatic rings. The van der Waals surface area contributed by atoms with Gasteiger partial charge in [-0.1, -0.05) is 62.9 Å². The van der Waals surface area contributed by atoms with Crippen molar-refractivity contribution >= 4 is 66.6 Å². The third kappa shape index (κ3) is 16.5. The molecule has 302 valence electrons. The van der Waals surface area contributed by atoms with Crippen molar-refractivity contribution in [1.82, 2.24) is 20.4 Å². The number of anilines is 2. The lowest BCUT2D eigenvalue weighted by atomic mass is 10.1. The average Bonchev–Trinajstić information content (AvgIpc) is 3.15. The van der Waals surface area contributed by atoms with Crippen LogP contribution in [0.3, 0.4) is 0 Å². The van der Waals surface area contributed by atoms with Gasteiger partial charge in [0, 0.05) is 39.0 Å². The molecular weight excluding hydrogens is 749 g/mol. The Balaban J connectivity index is 0.00000716. The van der Waals surface area contributed by atoms with E-state index in [2.05, 4.69) is 25.4 Å². The van der Waals surface area contributed by atoms with Gasteiger partial charge in [0.25, 0.3) is 12.0 Å². The van der Waals surface area contributed by atoms with Gasteiger partial charge in [-0.15, -0.1) is 0 Å². The summed E-state index contributed by atoms with van der Waals surface area (Å²) in [5.74, 6) is -2.29. The fourth-order valence-corrected chi connectivity index (χ4v) is 7.06. The topological polar surface area (TPSA) is 286 Å². The van der Waals surface area contributed by atoms with E-state index in [-0.39, 0.29) is 60.7 Å². The normalized spacial score (nSPS) is 15.0. The van der Waals surface area contributed by atoms with Crippen molar-refractivity contribution < 1.29 is 52.1 Å². The van der Waals surface area contributed by atoms with Gasteiger partial charge in [-0.2, -0.15) is 4.98 Å². The number of esters is 1. The molecule has 0 radical (unpaired) electrons. The molecule has 0 spiro atoms. The number of aliphatic hydroxyl groups excluding tert-OH is 1. The summed E-state index contributed by atoms with van der Waals surface area (Å²) in [4.78, 5) is 71.7. The highest BCUT2D eigenvalue weighted by Gasteiger charge is 2.40. The van der Waals surface area contributed by atoms with Crippen molar-refractivity contribution in [3.8, 4) is 0 Å². The molecule has 8 N–H and O–H groups in total. The van der Waals surface area contributed by atoms with Crippen molar-refractivity contribution in [2.45, 2.75) is 83.8 Å². The molecule has 21 heteroatoms. The summed E-state index contributed by atoms with van der Waals surface area (Å²) < 4.78 is 41.6. The minimum absolute atomic E-state index is 0.00987. The monoisotopic (exact) mass is 801 g/mol. The van der Waals surface area contributed by atoms with Crippen molar-refractivity contribution in [2.75, 3.05) is 44.6 Å². The van der Waals surface area contributed by atoms with E-state index in [0.29, 0.717) is 12.0 Å². The number of nitrogens with zero attached hydrogens (tertiary/aromatic N) is 2. The van der Waals surface area contributed by atoms with Gasteiger partial charge >= 0.3 is 13.7 Å². The Morgan fingerprint density at radius 2 is 1.83 bits per heavy atom. The van der Waals surface area contributed by atoms with Crippen LogP contribution in [0.2, 0.25) is 0 Å². The number of hydrogen-bond donors (Lipinski definition) is 6. The summed E-state index contributed by atoms with van der Waals surface area (Å²) >= 11 is 0.794. The number of hydrogen-bond acceptors (Lipinski definition) is 17. The number of carbonyl (C=O) groups excluding carboxylic acids is 4. The van der Waals surface area contributed by atoms with Crippen LogP contribution in [0.5, 0.6) is 0 Å². The molecule has 0 bridgehead atoms. The predicted octanol–water partition coefficient (Wildman–Crippen LogP) is 2.05. The standard InChI is InChI=1S/C31H46N7O12PS.C2H6/c1-5-10-24(40)52-17-23(28(42)34-3)50-51(45,38-20(30(44)47-6-2)15-19-11-8-7-9-12-19)49-16-22(46-4)26(41)21(48-18-39)13-14-35-25-27(32)36-31(33)37-29(25)43;1-2/h7-9,11-12,14,18,20-23,26,41H,5-6,10,13,15-17H2,1-4H3,(H,34,42)(H,38,45)(H5,32,33,36,37,43);1-2H3/t20-,21+,22?,23?,26?,51?;/m0./s1. The minimum atomic E-state index is -4.75. The Morgan fingerprint density at radius 3 is 2.41 bits per heavy atom. The van der Waals surface area contributed by atoms with E-state index in [1.54, 1.807) is 37.3 Å². The van der Waals surface area contributed by atoms with Gasteiger partial charge in [0.15, 0.2) is 22.7 Å². The van der Waals surface area contributed by atoms with E-state index in [1.165, 1.54) is 14.2 Å². The number of aliphatic hydroxyl groups is 1. The zero-order valence-corrected chi connectivity index (χ0v) is 32.9. The number of amides is 1. The fraction of sp³-hybridized carbons (Fsp3) is 0.545. The maximum atomic E-state index is 14.5. The van der Waals surface area contributed by atoms with E-state index in [4.69, 9.17) is 34.7 Å². The van der Waals surface area contributed by atoms with Crippen molar-refractivity contribution in [3.63, 3.8) is 0 Å². The van der Waals surface area contributed by atoms with E-state index >= 15 is 0 Å². The molecule has 0 saturated carbocycles. The maximum Gasteiger partial charge on any atom is 0.407 e. The quantitative estimate of drug-likeness (QED) is 0.0383. The average molecular weight is 802 g/mol. The first-order valence-corrected chi connectivity index (χ1v) is 19.6. The number of rotatable bonds is 24.